The zero-order valence-corrected chi connectivity index (χ0v) is 7.20. The van der Waals surface area contributed by atoms with E-state index in [4.69, 9.17) is 4.74 Å². The van der Waals surface area contributed by atoms with Gasteiger partial charge in [-0.3, -0.25) is 4.79 Å². The second kappa shape index (κ2) is 2.98. The minimum absolute atomic E-state index is 0.292. The van der Waals surface area contributed by atoms with E-state index in [-0.39, 0.29) is 11.9 Å². The molecular formula is C6H11N3O3. The molecule has 12 heavy (non-hydrogen) atoms. The first-order chi connectivity index (χ1) is 5.57. The average Bonchev–Trinajstić information content (AvgIpc) is 2.08. The van der Waals surface area contributed by atoms with E-state index in [1.54, 1.807) is 0 Å². The van der Waals surface area contributed by atoms with Gasteiger partial charge in [0.25, 0.3) is 5.91 Å². The SMILES string of the molecule is COC1NC(=O)N(C)N(C)C1=O. The van der Waals surface area contributed by atoms with Crippen LogP contribution in [0.25, 0.3) is 0 Å². The van der Waals surface area contributed by atoms with Gasteiger partial charge in [0.2, 0.25) is 6.23 Å². The van der Waals surface area contributed by atoms with Gasteiger partial charge >= 0.3 is 6.03 Å². The molecule has 0 aromatic carbocycles. The highest BCUT2D eigenvalue weighted by Crippen LogP contribution is 2.04. The summed E-state index contributed by atoms with van der Waals surface area (Å²) < 4.78 is 4.74. The Kier molecular flexibility index (Phi) is 2.18. The number of nitrogens with one attached hydrogen (secondary N) is 1. The van der Waals surface area contributed by atoms with Crippen LogP contribution in [0.2, 0.25) is 0 Å². The normalized spacial score (nSPS) is 24.4. The van der Waals surface area contributed by atoms with Gasteiger partial charge < -0.3 is 10.1 Å². The fraction of sp³-hybridized carbons (Fsp3) is 0.667. The highest BCUT2D eigenvalue weighted by atomic mass is 16.5. The summed E-state index contributed by atoms with van der Waals surface area (Å²) in [7, 11) is 4.37. The molecular weight excluding hydrogens is 162 g/mol. The summed E-state index contributed by atoms with van der Waals surface area (Å²) in [6.07, 6.45) is -0.862. The highest BCUT2D eigenvalue weighted by Gasteiger charge is 2.33. The Morgan fingerprint density at radius 1 is 1.33 bits per heavy atom. The number of likely N-dealkylation sites (N-methyl/N-ethyl adjacent to an activating group) is 1. The molecule has 6 heteroatoms. The Balaban J connectivity index is 2.77. The fourth-order valence-electron chi connectivity index (χ4n) is 0.881. The zero-order chi connectivity index (χ0) is 9.30. The van der Waals surface area contributed by atoms with E-state index in [9.17, 15) is 9.59 Å². The van der Waals surface area contributed by atoms with E-state index >= 15 is 0 Å². The van der Waals surface area contributed by atoms with Crippen LogP contribution in [0.5, 0.6) is 0 Å². The van der Waals surface area contributed by atoms with E-state index in [0.29, 0.717) is 0 Å². The fourth-order valence-corrected chi connectivity index (χ4v) is 0.881. The number of methoxy groups -OCH3 is 1. The molecule has 1 aliphatic heterocycles. The molecule has 1 fully saturated rings. The minimum atomic E-state index is -0.862. The largest absolute Gasteiger partial charge is 0.353 e. The molecule has 6 nitrogen and oxygen atoms in total. The van der Waals surface area contributed by atoms with Gasteiger partial charge in [-0.05, 0) is 0 Å². The number of carbonyl (C=O) groups is 2. The Labute approximate surface area is 70.0 Å². The van der Waals surface area contributed by atoms with Gasteiger partial charge in [0.1, 0.15) is 0 Å². The number of nitrogens with zero attached hydrogens (tertiary/aromatic N) is 2. The number of hydrazine groups is 1. The maximum Gasteiger partial charge on any atom is 0.338 e. The Hall–Kier alpha value is -1.30. The third-order valence-electron chi connectivity index (χ3n) is 1.78. The molecule has 1 unspecified atom stereocenters. The van der Waals surface area contributed by atoms with Gasteiger partial charge in [-0.1, -0.05) is 0 Å². The van der Waals surface area contributed by atoms with Gasteiger partial charge in [-0.2, -0.15) is 0 Å². The first kappa shape index (κ1) is 8.79. The molecule has 1 atom stereocenters. The van der Waals surface area contributed by atoms with Crippen molar-refractivity contribution in [3.63, 3.8) is 0 Å². The summed E-state index contributed by atoms with van der Waals surface area (Å²) in [5.41, 5.74) is 0. The van der Waals surface area contributed by atoms with Crippen molar-refractivity contribution < 1.29 is 14.3 Å². The number of ether oxygens (including phenoxy) is 1. The van der Waals surface area contributed by atoms with Crippen LogP contribution >= 0.6 is 0 Å². The smallest absolute Gasteiger partial charge is 0.338 e. The summed E-state index contributed by atoms with van der Waals surface area (Å²) in [6.45, 7) is 0. The van der Waals surface area contributed by atoms with Crippen LogP contribution in [0, 0.1) is 0 Å². The molecule has 1 rings (SSSR count). The maximum atomic E-state index is 11.3. The van der Waals surface area contributed by atoms with Crippen LogP contribution in [-0.2, 0) is 9.53 Å². The maximum absolute atomic E-state index is 11.3. The summed E-state index contributed by atoms with van der Waals surface area (Å²) >= 11 is 0. The summed E-state index contributed by atoms with van der Waals surface area (Å²) in [6, 6.07) is -0.357. The number of urea groups is 1. The van der Waals surface area contributed by atoms with Crippen LogP contribution < -0.4 is 5.32 Å². The molecule has 0 saturated carbocycles. The van der Waals surface area contributed by atoms with Crippen LogP contribution in [0.1, 0.15) is 0 Å². The topological polar surface area (TPSA) is 61.9 Å². The molecule has 1 aliphatic rings. The zero-order valence-electron chi connectivity index (χ0n) is 7.20. The monoisotopic (exact) mass is 173 g/mol. The van der Waals surface area contributed by atoms with Gasteiger partial charge in [-0.25, -0.2) is 14.8 Å². The van der Waals surface area contributed by atoms with Crippen molar-refractivity contribution in [2.24, 2.45) is 0 Å². The van der Waals surface area contributed by atoms with E-state index in [1.165, 1.54) is 31.2 Å². The lowest BCUT2D eigenvalue weighted by atomic mass is 10.4. The summed E-state index contributed by atoms with van der Waals surface area (Å²) in [5, 5.41) is 4.75. The number of carbonyl (C=O) groups excluding carboxylic acids is 2. The van der Waals surface area contributed by atoms with Crippen LogP contribution in [0.3, 0.4) is 0 Å². The van der Waals surface area contributed by atoms with E-state index in [2.05, 4.69) is 5.32 Å². The molecule has 0 aromatic rings. The summed E-state index contributed by atoms with van der Waals surface area (Å²) in [5.74, 6) is -0.292. The van der Waals surface area contributed by atoms with Crippen molar-refractivity contribution >= 4 is 11.9 Å². The lowest BCUT2D eigenvalue weighted by Gasteiger charge is -2.36. The molecule has 1 N–H and O–H groups in total. The number of hydrogen-bond donors (Lipinski definition) is 1. The van der Waals surface area contributed by atoms with Crippen molar-refractivity contribution in [3.8, 4) is 0 Å². The average molecular weight is 173 g/mol. The Bertz CT molecular complexity index is 214. The summed E-state index contributed by atoms with van der Waals surface area (Å²) in [4.78, 5) is 22.3. The first-order valence-electron chi connectivity index (χ1n) is 3.42. The molecule has 1 heterocycles. The molecule has 68 valence electrons. The molecule has 0 spiro atoms. The minimum Gasteiger partial charge on any atom is -0.353 e. The second-order valence-corrected chi connectivity index (χ2v) is 2.45. The third kappa shape index (κ3) is 1.20. The molecule has 0 aliphatic carbocycles. The first-order valence-corrected chi connectivity index (χ1v) is 3.42. The quantitative estimate of drug-likeness (QED) is 0.552. The van der Waals surface area contributed by atoms with Crippen molar-refractivity contribution in [3.05, 3.63) is 0 Å². The molecule has 0 radical (unpaired) electrons. The number of hydrogen-bond acceptors (Lipinski definition) is 3. The van der Waals surface area contributed by atoms with E-state index < -0.39 is 6.23 Å². The molecule has 0 aromatic heterocycles. The predicted octanol–water partition coefficient (Wildman–Crippen LogP) is -1.01. The molecule has 3 amide bonds. The van der Waals surface area contributed by atoms with Crippen LogP contribution in [-0.4, -0.2) is 49.4 Å². The van der Waals surface area contributed by atoms with Crippen LogP contribution in [0.4, 0.5) is 4.79 Å². The lowest BCUT2D eigenvalue weighted by Crippen LogP contribution is -2.63. The van der Waals surface area contributed by atoms with Gasteiger partial charge in [-0.15, -0.1) is 0 Å². The van der Waals surface area contributed by atoms with Crippen LogP contribution in [0.15, 0.2) is 0 Å². The molecule has 0 bridgehead atoms. The Morgan fingerprint density at radius 3 is 2.42 bits per heavy atom. The van der Waals surface area contributed by atoms with Gasteiger partial charge in [0, 0.05) is 21.2 Å². The van der Waals surface area contributed by atoms with Gasteiger partial charge in [0.15, 0.2) is 0 Å². The van der Waals surface area contributed by atoms with Crippen molar-refractivity contribution in [2.45, 2.75) is 6.23 Å². The Morgan fingerprint density at radius 2 is 1.92 bits per heavy atom. The third-order valence-corrected chi connectivity index (χ3v) is 1.78. The highest BCUT2D eigenvalue weighted by molar-refractivity contribution is 5.90. The predicted molar refractivity (Wildman–Crippen MR) is 39.9 cm³/mol. The van der Waals surface area contributed by atoms with Gasteiger partial charge in [0.05, 0.1) is 0 Å². The standard InChI is InChI=1S/C6H11N3O3/c1-8-5(10)4(12-3)7-6(11)9(8)2/h4H,1-3H3,(H,7,11). The van der Waals surface area contributed by atoms with Crippen molar-refractivity contribution in [1.29, 1.82) is 0 Å². The number of amides is 3. The van der Waals surface area contributed by atoms with E-state index in [0.717, 1.165) is 0 Å². The van der Waals surface area contributed by atoms with Crippen molar-refractivity contribution in [1.82, 2.24) is 15.3 Å². The lowest BCUT2D eigenvalue weighted by molar-refractivity contribution is -0.157. The van der Waals surface area contributed by atoms with E-state index in [1.807, 2.05) is 0 Å². The number of rotatable bonds is 1. The molecule has 1 saturated heterocycles. The second-order valence-electron chi connectivity index (χ2n) is 2.45. The van der Waals surface area contributed by atoms with Crippen molar-refractivity contribution in [2.75, 3.05) is 21.2 Å².